The van der Waals surface area contributed by atoms with Crippen LogP contribution in [-0.2, 0) is 4.79 Å². The van der Waals surface area contributed by atoms with Crippen LogP contribution >= 0.6 is 11.8 Å². The average Bonchev–Trinajstić information content (AvgIpc) is 3.16. The summed E-state index contributed by atoms with van der Waals surface area (Å²) in [5.41, 5.74) is 1.64. The number of carbonyl (C=O) groups excluding carboxylic acids is 1. The maximum absolute atomic E-state index is 12.6. The molecule has 0 bridgehead atoms. The summed E-state index contributed by atoms with van der Waals surface area (Å²) in [4.78, 5) is 14.2. The Kier molecular flexibility index (Phi) is 5.58. The Labute approximate surface area is 156 Å². The lowest BCUT2D eigenvalue weighted by Crippen LogP contribution is -2.33. The maximum Gasteiger partial charge on any atom is 0.277 e. The molecule has 0 aliphatic heterocycles. The first kappa shape index (κ1) is 18.0. The van der Waals surface area contributed by atoms with E-state index in [0.717, 1.165) is 17.0 Å². The van der Waals surface area contributed by atoms with Gasteiger partial charge in [0.1, 0.15) is 5.75 Å². The Morgan fingerprint density at radius 3 is 2.46 bits per heavy atom. The summed E-state index contributed by atoms with van der Waals surface area (Å²) in [5, 5.41) is 8.09. The molecule has 0 N–H and O–H groups in total. The van der Waals surface area contributed by atoms with E-state index in [2.05, 4.69) is 10.2 Å². The van der Waals surface area contributed by atoms with Crippen LogP contribution in [-0.4, -0.2) is 35.5 Å². The monoisotopic (exact) mass is 369 g/mol. The molecular weight excluding hydrogens is 350 g/mol. The number of benzene rings is 2. The smallest absolute Gasteiger partial charge is 0.277 e. The Bertz CT molecular complexity index is 865. The van der Waals surface area contributed by atoms with Gasteiger partial charge in [-0.3, -0.25) is 4.79 Å². The van der Waals surface area contributed by atoms with E-state index in [-0.39, 0.29) is 11.2 Å². The molecule has 0 aliphatic carbocycles. The molecule has 0 saturated heterocycles. The third-order valence-corrected chi connectivity index (χ3v) is 4.76. The zero-order valence-corrected chi connectivity index (χ0v) is 15.6. The highest BCUT2D eigenvalue weighted by atomic mass is 32.2. The average molecular weight is 369 g/mol. The van der Waals surface area contributed by atoms with Crippen molar-refractivity contribution >= 4 is 23.4 Å². The van der Waals surface area contributed by atoms with Gasteiger partial charge in [0.05, 0.1) is 12.4 Å². The number of nitrogens with zero attached hydrogens (tertiary/aromatic N) is 3. The number of amides is 1. The van der Waals surface area contributed by atoms with E-state index in [4.69, 9.17) is 9.15 Å². The number of rotatable bonds is 6. The normalized spacial score (nSPS) is 11.8. The fraction of sp³-hybridized carbons (Fsp3) is 0.211. The number of methoxy groups -OCH3 is 1. The van der Waals surface area contributed by atoms with Crippen LogP contribution in [0.15, 0.2) is 64.2 Å². The Hall–Kier alpha value is -2.80. The summed E-state index contributed by atoms with van der Waals surface area (Å²) in [6, 6.07) is 16.8. The minimum Gasteiger partial charge on any atom is -0.497 e. The number of hydrogen-bond donors (Lipinski definition) is 0. The molecule has 0 aliphatic rings. The molecule has 1 amide bonds. The van der Waals surface area contributed by atoms with E-state index in [1.54, 1.807) is 19.1 Å². The van der Waals surface area contributed by atoms with E-state index >= 15 is 0 Å². The molecule has 3 rings (SSSR count). The van der Waals surface area contributed by atoms with E-state index in [0.29, 0.717) is 11.1 Å². The zero-order valence-electron chi connectivity index (χ0n) is 14.7. The molecule has 0 unspecified atom stereocenters. The van der Waals surface area contributed by atoms with Crippen LogP contribution in [0.4, 0.5) is 5.69 Å². The molecule has 134 valence electrons. The molecule has 2 aromatic carbocycles. The first-order chi connectivity index (χ1) is 12.6. The number of para-hydroxylation sites is 1. The van der Waals surface area contributed by atoms with Crippen molar-refractivity contribution in [1.29, 1.82) is 0 Å². The first-order valence-electron chi connectivity index (χ1n) is 8.05. The summed E-state index contributed by atoms with van der Waals surface area (Å²) in [6.45, 7) is 1.82. The van der Waals surface area contributed by atoms with Gasteiger partial charge < -0.3 is 14.1 Å². The predicted molar refractivity (Wildman–Crippen MR) is 101 cm³/mol. The van der Waals surface area contributed by atoms with Crippen LogP contribution in [0.2, 0.25) is 0 Å². The summed E-state index contributed by atoms with van der Waals surface area (Å²) in [7, 11) is 3.37. The maximum atomic E-state index is 12.6. The van der Waals surface area contributed by atoms with Crippen molar-refractivity contribution < 1.29 is 13.9 Å². The Morgan fingerprint density at radius 1 is 1.12 bits per heavy atom. The fourth-order valence-corrected chi connectivity index (χ4v) is 3.14. The third-order valence-electron chi connectivity index (χ3n) is 3.84. The van der Waals surface area contributed by atoms with Crippen molar-refractivity contribution in [3.63, 3.8) is 0 Å². The van der Waals surface area contributed by atoms with Crippen molar-refractivity contribution in [2.75, 3.05) is 19.1 Å². The quantitative estimate of drug-likeness (QED) is 0.614. The highest BCUT2D eigenvalue weighted by Crippen LogP contribution is 2.28. The van der Waals surface area contributed by atoms with Gasteiger partial charge in [-0.2, -0.15) is 0 Å². The van der Waals surface area contributed by atoms with Crippen molar-refractivity contribution in [3.8, 4) is 17.2 Å². The Balaban J connectivity index is 1.67. The van der Waals surface area contributed by atoms with Crippen LogP contribution in [0.5, 0.6) is 5.75 Å². The van der Waals surface area contributed by atoms with Gasteiger partial charge in [-0.1, -0.05) is 30.0 Å². The number of thioether (sulfide) groups is 1. The zero-order chi connectivity index (χ0) is 18.5. The molecule has 3 aromatic rings. The summed E-state index contributed by atoms with van der Waals surface area (Å²) in [6.07, 6.45) is 0. The van der Waals surface area contributed by atoms with Gasteiger partial charge in [0.2, 0.25) is 11.8 Å². The molecule has 1 atom stereocenters. The summed E-state index contributed by atoms with van der Waals surface area (Å²) < 4.78 is 10.8. The second-order valence-corrected chi connectivity index (χ2v) is 6.89. The second-order valence-electron chi connectivity index (χ2n) is 5.59. The van der Waals surface area contributed by atoms with Crippen molar-refractivity contribution in [2.45, 2.75) is 17.4 Å². The van der Waals surface area contributed by atoms with Crippen LogP contribution in [0.1, 0.15) is 6.92 Å². The van der Waals surface area contributed by atoms with Gasteiger partial charge in [-0.25, -0.2) is 0 Å². The molecule has 26 heavy (non-hydrogen) atoms. The van der Waals surface area contributed by atoms with Gasteiger partial charge in [-0.15, -0.1) is 10.2 Å². The van der Waals surface area contributed by atoms with Gasteiger partial charge in [-0.05, 0) is 43.3 Å². The fourth-order valence-electron chi connectivity index (χ4n) is 2.36. The lowest BCUT2D eigenvalue weighted by molar-refractivity contribution is -0.117. The highest BCUT2D eigenvalue weighted by molar-refractivity contribution is 8.00. The number of ether oxygens (including phenoxy) is 1. The molecule has 0 fully saturated rings. The lowest BCUT2D eigenvalue weighted by atomic mass is 10.2. The predicted octanol–water partition coefficient (Wildman–Crippen LogP) is 3.89. The largest absolute Gasteiger partial charge is 0.497 e. The van der Waals surface area contributed by atoms with Gasteiger partial charge >= 0.3 is 0 Å². The molecule has 0 saturated carbocycles. The van der Waals surface area contributed by atoms with Crippen molar-refractivity contribution in [1.82, 2.24) is 10.2 Å². The lowest BCUT2D eigenvalue weighted by Gasteiger charge is -2.20. The topological polar surface area (TPSA) is 68.5 Å². The number of hydrogen-bond acceptors (Lipinski definition) is 6. The SMILES string of the molecule is COc1ccc(-c2nnc(S[C@@H](C)C(=O)N(C)c3ccccc3)o2)cc1. The van der Waals surface area contributed by atoms with E-state index in [9.17, 15) is 4.79 Å². The summed E-state index contributed by atoms with van der Waals surface area (Å²) in [5.74, 6) is 1.13. The van der Waals surface area contributed by atoms with Crippen LogP contribution in [0.25, 0.3) is 11.5 Å². The minimum atomic E-state index is -0.357. The molecule has 7 heteroatoms. The first-order valence-corrected chi connectivity index (χ1v) is 8.93. The standard InChI is InChI=1S/C19H19N3O3S/c1-13(18(23)22(2)15-7-5-4-6-8-15)26-19-21-20-17(25-19)14-9-11-16(24-3)12-10-14/h4-13H,1-3H3/t13-/m0/s1. The number of aromatic nitrogens is 2. The van der Waals surface area contributed by atoms with Crippen molar-refractivity contribution in [3.05, 3.63) is 54.6 Å². The van der Waals surface area contributed by atoms with Gasteiger partial charge in [0, 0.05) is 18.3 Å². The Morgan fingerprint density at radius 2 is 1.81 bits per heavy atom. The number of anilines is 1. The molecule has 6 nitrogen and oxygen atoms in total. The van der Waals surface area contributed by atoms with E-state index in [1.807, 2.05) is 61.5 Å². The summed E-state index contributed by atoms with van der Waals surface area (Å²) >= 11 is 1.24. The molecule has 1 aromatic heterocycles. The minimum absolute atomic E-state index is 0.0367. The van der Waals surface area contributed by atoms with Gasteiger partial charge in [0.25, 0.3) is 5.22 Å². The van der Waals surface area contributed by atoms with Crippen molar-refractivity contribution in [2.24, 2.45) is 0 Å². The number of carbonyl (C=O) groups is 1. The van der Waals surface area contributed by atoms with E-state index < -0.39 is 0 Å². The third kappa shape index (κ3) is 4.05. The van der Waals surface area contributed by atoms with Crippen LogP contribution in [0, 0.1) is 0 Å². The highest BCUT2D eigenvalue weighted by Gasteiger charge is 2.22. The molecular formula is C19H19N3O3S. The molecule has 1 heterocycles. The second kappa shape index (κ2) is 8.05. The van der Waals surface area contributed by atoms with Gasteiger partial charge in [0.15, 0.2) is 0 Å². The van der Waals surface area contributed by atoms with E-state index in [1.165, 1.54) is 11.8 Å². The van der Waals surface area contributed by atoms with Crippen LogP contribution < -0.4 is 9.64 Å². The molecule has 0 spiro atoms. The van der Waals surface area contributed by atoms with Crippen LogP contribution in [0.3, 0.4) is 0 Å². The molecule has 0 radical (unpaired) electrons.